The molecule has 0 fully saturated rings. The zero-order chi connectivity index (χ0) is 14.2. The molecule has 0 aliphatic heterocycles. The molecule has 3 nitrogen and oxygen atoms in total. The van der Waals surface area contributed by atoms with E-state index in [1.54, 1.807) is 14.2 Å². The third kappa shape index (κ3) is 4.87. The number of hydrogen-bond donors (Lipinski definition) is 0. The van der Waals surface area contributed by atoms with Crippen molar-refractivity contribution < 1.29 is 14.2 Å². The van der Waals surface area contributed by atoms with Crippen LogP contribution >= 0.6 is 0 Å². The van der Waals surface area contributed by atoms with E-state index in [2.05, 4.69) is 34.6 Å². The Kier molecular flexibility index (Phi) is 8.08. The molecule has 0 saturated heterocycles. The Balaban J connectivity index is 4.83. The van der Waals surface area contributed by atoms with Gasteiger partial charge in [0, 0.05) is 19.6 Å². The van der Waals surface area contributed by atoms with Crippen molar-refractivity contribution in [3.63, 3.8) is 0 Å². The average Bonchev–Trinajstić information content (AvgIpc) is 2.29. The lowest BCUT2D eigenvalue weighted by atomic mass is 9.68. The summed E-state index contributed by atoms with van der Waals surface area (Å²) in [5, 5.41) is 0. The number of rotatable bonds is 9. The first kappa shape index (κ1) is 17.9. The molecule has 110 valence electrons. The van der Waals surface area contributed by atoms with E-state index in [1.165, 1.54) is 0 Å². The lowest BCUT2D eigenvalue weighted by Crippen LogP contribution is -2.48. The second-order valence-electron chi connectivity index (χ2n) is 6.15. The lowest BCUT2D eigenvalue weighted by molar-refractivity contribution is -0.124. The zero-order valence-corrected chi connectivity index (χ0v) is 13.3. The molecule has 0 radical (unpaired) electrons. The molecule has 0 aromatic heterocycles. The van der Waals surface area contributed by atoms with Gasteiger partial charge in [0.05, 0.1) is 25.9 Å². The highest BCUT2D eigenvalue weighted by molar-refractivity contribution is 4.90. The van der Waals surface area contributed by atoms with Gasteiger partial charge in [-0.15, -0.1) is 0 Å². The van der Waals surface area contributed by atoms with Crippen LogP contribution in [0.1, 0.15) is 47.5 Å². The summed E-state index contributed by atoms with van der Waals surface area (Å²) in [7, 11) is 3.49. The Bertz CT molecular complexity index is 198. The molecular weight excluding hydrogens is 228 g/mol. The molecule has 0 heterocycles. The second-order valence-corrected chi connectivity index (χ2v) is 6.15. The molecule has 0 rings (SSSR count). The Labute approximate surface area is 113 Å². The van der Waals surface area contributed by atoms with Gasteiger partial charge in [-0.05, 0) is 18.3 Å². The molecule has 0 bridgehead atoms. The van der Waals surface area contributed by atoms with Gasteiger partial charge >= 0.3 is 0 Å². The summed E-state index contributed by atoms with van der Waals surface area (Å²) < 4.78 is 16.9. The van der Waals surface area contributed by atoms with Crippen molar-refractivity contribution in [1.29, 1.82) is 0 Å². The summed E-state index contributed by atoms with van der Waals surface area (Å²) in [6.45, 7) is 13.0. The van der Waals surface area contributed by atoms with E-state index in [-0.39, 0.29) is 10.8 Å². The highest BCUT2D eigenvalue weighted by atomic mass is 16.5. The van der Waals surface area contributed by atoms with E-state index < -0.39 is 0 Å². The molecule has 18 heavy (non-hydrogen) atoms. The van der Waals surface area contributed by atoms with E-state index in [9.17, 15) is 0 Å². The fourth-order valence-electron chi connectivity index (χ4n) is 2.13. The first-order valence-corrected chi connectivity index (χ1v) is 6.96. The molecule has 3 heteroatoms. The predicted molar refractivity (Wildman–Crippen MR) is 76.0 cm³/mol. The van der Waals surface area contributed by atoms with Gasteiger partial charge in [0.25, 0.3) is 0 Å². The van der Waals surface area contributed by atoms with Crippen LogP contribution in [0.25, 0.3) is 0 Å². The summed E-state index contributed by atoms with van der Waals surface area (Å²) in [5.74, 6) is 0. The first-order valence-electron chi connectivity index (χ1n) is 6.96. The van der Waals surface area contributed by atoms with Crippen molar-refractivity contribution in [2.75, 3.05) is 34.0 Å². The topological polar surface area (TPSA) is 27.7 Å². The van der Waals surface area contributed by atoms with E-state index in [1.807, 2.05) is 0 Å². The Morgan fingerprint density at radius 2 is 1.28 bits per heavy atom. The average molecular weight is 260 g/mol. The highest BCUT2D eigenvalue weighted by Gasteiger charge is 2.43. The Morgan fingerprint density at radius 1 is 0.833 bits per heavy atom. The SMILES string of the molecule is CCC(CC)OCC(COC)(COC)C(C)(C)C. The molecule has 0 aliphatic carbocycles. The third-order valence-corrected chi connectivity index (χ3v) is 3.94. The van der Waals surface area contributed by atoms with Crippen LogP contribution in [0.2, 0.25) is 0 Å². The molecule has 0 aromatic rings. The molecule has 0 amide bonds. The van der Waals surface area contributed by atoms with Crippen molar-refractivity contribution in [3.05, 3.63) is 0 Å². The number of ether oxygens (including phenoxy) is 3. The zero-order valence-electron chi connectivity index (χ0n) is 13.3. The summed E-state index contributed by atoms with van der Waals surface area (Å²) >= 11 is 0. The van der Waals surface area contributed by atoms with Crippen LogP contribution in [0.3, 0.4) is 0 Å². The number of hydrogen-bond acceptors (Lipinski definition) is 3. The Morgan fingerprint density at radius 3 is 1.56 bits per heavy atom. The van der Waals surface area contributed by atoms with Gasteiger partial charge in [0.2, 0.25) is 0 Å². The molecule has 0 spiro atoms. The summed E-state index contributed by atoms with van der Waals surface area (Å²) in [6, 6.07) is 0. The van der Waals surface area contributed by atoms with E-state index in [4.69, 9.17) is 14.2 Å². The van der Waals surface area contributed by atoms with E-state index >= 15 is 0 Å². The maximum atomic E-state index is 6.08. The van der Waals surface area contributed by atoms with Crippen molar-refractivity contribution in [1.82, 2.24) is 0 Å². The standard InChI is InChI=1S/C15H32O3/c1-8-13(9-2)18-12-15(10-16-6,11-17-7)14(3,4)5/h13H,8-12H2,1-7H3. The fourth-order valence-corrected chi connectivity index (χ4v) is 2.13. The molecule has 0 atom stereocenters. The van der Waals surface area contributed by atoms with Gasteiger partial charge in [-0.1, -0.05) is 34.6 Å². The summed E-state index contributed by atoms with van der Waals surface area (Å²) in [6.07, 6.45) is 2.44. The first-order chi connectivity index (χ1) is 8.36. The smallest absolute Gasteiger partial charge is 0.0575 e. The van der Waals surface area contributed by atoms with Crippen molar-refractivity contribution in [3.8, 4) is 0 Å². The van der Waals surface area contributed by atoms with Crippen molar-refractivity contribution in [2.45, 2.75) is 53.6 Å². The van der Waals surface area contributed by atoms with Gasteiger partial charge in [0.1, 0.15) is 0 Å². The quantitative estimate of drug-likeness (QED) is 0.635. The maximum absolute atomic E-state index is 6.08. The molecule has 0 saturated carbocycles. The van der Waals surface area contributed by atoms with Crippen LogP contribution in [-0.2, 0) is 14.2 Å². The van der Waals surface area contributed by atoms with Gasteiger partial charge in [-0.25, -0.2) is 0 Å². The molecule has 0 N–H and O–H groups in total. The van der Waals surface area contributed by atoms with Crippen LogP contribution in [0, 0.1) is 10.8 Å². The lowest BCUT2D eigenvalue weighted by Gasteiger charge is -2.44. The van der Waals surface area contributed by atoms with Crippen LogP contribution in [-0.4, -0.2) is 40.1 Å². The van der Waals surface area contributed by atoms with Crippen molar-refractivity contribution in [2.24, 2.45) is 10.8 Å². The van der Waals surface area contributed by atoms with Gasteiger partial charge in [-0.3, -0.25) is 0 Å². The minimum Gasteiger partial charge on any atom is -0.384 e. The second kappa shape index (κ2) is 8.13. The van der Waals surface area contributed by atoms with Crippen LogP contribution in [0.5, 0.6) is 0 Å². The minimum atomic E-state index is -0.0981. The van der Waals surface area contributed by atoms with Crippen molar-refractivity contribution >= 4 is 0 Å². The van der Waals surface area contributed by atoms with Crippen LogP contribution in [0.4, 0.5) is 0 Å². The largest absolute Gasteiger partial charge is 0.384 e. The van der Waals surface area contributed by atoms with E-state index in [0.717, 1.165) is 12.8 Å². The van der Waals surface area contributed by atoms with Gasteiger partial charge < -0.3 is 14.2 Å². The fraction of sp³-hybridized carbons (Fsp3) is 1.00. The molecular formula is C15H32O3. The minimum absolute atomic E-state index is 0.0745. The Hall–Kier alpha value is -0.120. The third-order valence-electron chi connectivity index (χ3n) is 3.94. The molecule has 0 aromatic carbocycles. The summed E-state index contributed by atoms with van der Waals surface area (Å²) in [4.78, 5) is 0. The normalized spacial score (nSPS) is 13.3. The number of methoxy groups -OCH3 is 2. The van der Waals surface area contributed by atoms with Crippen LogP contribution in [0.15, 0.2) is 0 Å². The molecule has 0 unspecified atom stereocenters. The monoisotopic (exact) mass is 260 g/mol. The summed E-state index contributed by atoms with van der Waals surface area (Å²) in [5.41, 5.74) is -0.0237. The van der Waals surface area contributed by atoms with Gasteiger partial charge in [-0.2, -0.15) is 0 Å². The van der Waals surface area contributed by atoms with E-state index in [0.29, 0.717) is 25.9 Å². The predicted octanol–water partition coefficient (Wildman–Crippen LogP) is 3.52. The van der Waals surface area contributed by atoms with Crippen LogP contribution < -0.4 is 0 Å². The highest BCUT2D eigenvalue weighted by Crippen LogP contribution is 2.40. The molecule has 0 aliphatic rings. The maximum Gasteiger partial charge on any atom is 0.0575 e. The van der Waals surface area contributed by atoms with Gasteiger partial charge in [0.15, 0.2) is 0 Å².